The minimum atomic E-state index is -0.218. The Bertz CT molecular complexity index is 1060. The molecule has 0 bridgehead atoms. The minimum Gasteiger partial charge on any atom is -0.368 e. The number of nitrogens with one attached hydrogen (secondary N) is 3. The van der Waals surface area contributed by atoms with E-state index in [1.165, 1.54) is 5.56 Å². The summed E-state index contributed by atoms with van der Waals surface area (Å²) >= 11 is 0. The fourth-order valence-electron chi connectivity index (χ4n) is 5.76. The highest BCUT2D eigenvalue weighted by Crippen LogP contribution is 2.41. The van der Waals surface area contributed by atoms with Crippen molar-refractivity contribution in [2.45, 2.75) is 70.7 Å². The first-order chi connectivity index (χ1) is 16.5. The van der Waals surface area contributed by atoms with Crippen molar-refractivity contribution in [2.75, 3.05) is 11.9 Å². The van der Waals surface area contributed by atoms with Gasteiger partial charge in [-0.05, 0) is 61.3 Å². The molecule has 34 heavy (non-hydrogen) atoms. The lowest BCUT2D eigenvalue weighted by atomic mass is 9.90. The van der Waals surface area contributed by atoms with E-state index in [0.717, 1.165) is 30.5 Å². The van der Waals surface area contributed by atoms with Crippen molar-refractivity contribution < 1.29 is 4.79 Å². The third-order valence-corrected chi connectivity index (χ3v) is 7.51. The van der Waals surface area contributed by atoms with Crippen LogP contribution in [0.1, 0.15) is 56.7 Å². The number of aromatic nitrogens is 3. The van der Waals surface area contributed by atoms with Crippen LogP contribution in [0, 0.1) is 36.0 Å². The predicted octanol–water partition coefficient (Wildman–Crippen LogP) is 2.59. The fraction of sp³-hybridized carbons (Fsp3) is 0.600. The molecule has 3 fully saturated rings. The summed E-state index contributed by atoms with van der Waals surface area (Å²) in [7, 11) is 0. The first kappa shape index (κ1) is 22.8. The van der Waals surface area contributed by atoms with Crippen LogP contribution in [0.15, 0.2) is 30.6 Å². The number of carbonyl (C=O) groups excluding carboxylic acids is 1. The zero-order valence-electron chi connectivity index (χ0n) is 20.1. The largest absolute Gasteiger partial charge is 0.368 e. The molecule has 2 aromatic rings. The van der Waals surface area contributed by atoms with Gasteiger partial charge in [-0.2, -0.15) is 20.3 Å². The van der Waals surface area contributed by atoms with E-state index < -0.39 is 0 Å². The first-order valence-electron chi connectivity index (χ1n) is 12.4. The van der Waals surface area contributed by atoms with Crippen LogP contribution in [0.3, 0.4) is 0 Å². The lowest BCUT2D eigenvalue weighted by Gasteiger charge is -2.34. The van der Waals surface area contributed by atoms with Gasteiger partial charge in [0.15, 0.2) is 0 Å². The molecule has 4 unspecified atom stereocenters. The van der Waals surface area contributed by atoms with E-state index in [0.29, 0.717) is 24.8 Å². The Morgan fingerprint density at radius 3 is 2.65 bits per heavy atom. The molecule has 5 atom stereocenters. The van der Waals surface area contributed by atoms with E-state index in [2.05, 4.69) is 76.3 Å². The summed E-state index contributed by atoms with van der Waals surface area (Å²) in [6.45, 7) is 7.15. The Morgan fingerprint density at radius 2 is 2.00 bits per heavy atom. The Balaban J connectivity index is 1.38. The van der Waals surface area contributed by atoms with Crippen LogP contribution < -0.4 is 16.1 Å². The molecule has 1 aromatic heterocycles. The molecule has 3 aliphatic rings. The van der Waals surface area contributed by atoms with Gasteiger partial charge in [0.05, 0.1) is 36.8 Å². The van der Waals surface area contributed by atoms with Crippen LogP contribution >= 0.6 is 0 Å². The standard InChI is InChI=1S/C25H34N8O/c1-15(2)23(33-28-12-13-29-33)19-7-6-18(14-16(19)3)30-24-22-21(9-11-27-25(22)34)32(31-24)20(8-10-26)17-4-5-17/h6-7,12-15,17,20-24,30-31H,4-5,8-9,11H2,1-3H3,(H,27,34)/t20-,21?,22?,23?,24?/m0/s1. The van der Waals surface area contributed by atoms with Gasteiger partial charge in [-0.1, -0.05) is 19.9 Å². The Labute approximate surface area is 200 Å². The van der Waals surface area contributed by atoms with Crippen molar-refractivity contribution in [3.05, 3.63) is 41.7 Å². The summed E-state index contributed by atoms with van der Waals surface area (Å²) in [6.07, 6.45) is 6.91. The van der Waals surface area contributed by atoms with Crippen LogP contribution in [0.5, 0.6) is 0 Å². The minimum absolute atomic E-state index is 0.0583. The van der Waals surface area contributed by atoms with E-state index >= 15 is 0 Å². The summed E-state index contributed by atoms with van der Waals surface area (Å²) in [6, 6.07) is 9.04. The molecular weight excluding hydrogens is 428 g/mol. The summed E-state index contributed by atoms with van der Waals surface area (Å²) in [4.78, 5) is 14.7. The Kier molecular flexibility index (Phi) is 6.28. The van der Waals surface area contributed by atoms with Gasteiger partial charge in [-0.15, -0.1) is 0 Å². The van der Waals surface area contributed by atoms with E-state index in [1.54, 1.807) is 17.2 Å². The van der Waals surface area contributed by atoms with Gasteiger partial charge in [0.1, 0.15) is 6.17 Å². The number of nitrogens with zero attached hydrogens (tertiary/aromatic N) is 5. The molecule has 3 heterocycles. The van der Waals surface area contributed by atoms with Crippen LogP contribution in [0.2, 0.25) is 0 Å². The number of piperidine rings is 1. The summed E-state index contributed by atoms with van der Waals surface area (Å²) < 4.78 is 0. The molecule has 9 heteroatoms. The second-order valence-corrected chi connectivity index (χ2v) is 10.2. The molecule has 1 aliphatic carbocycles. The van der Waals surface area contributed by atoms with E-state index in [4.69, 9.17) is 0 Å². The number of carbonyl (C=O) groups is 1. The van der Waals surface area contributed by atoms with Crippen molar-refractivity contribution in [1.82, 2.24) is 30.7 Å². The third kappa shape index (κ3) is 4.28. The lowest BCUT2D eigenvalue weighted by Crippen LogP contribution is -2.52. The summed E-state index contributed by atoms with van der Waals surface area (Å²) in [5, 5.41) is 27.1. The van der Waals surface area contributed by atoms with Crippen molar-refractivity contribution in [1.29, 1.82) is 5.26 Å². The number of hydrogen-bond donors (Lipinski definition) is 3. The lowest BCUT2D eigenvalue weighted by molar-refractivity contribution is -0.128. The molecule has 2 aliphatic heterocycles. The summed E-state index contributed by atoms with van der Waals surface area (Å²) in [5.74, 6) is 0.752. The maximum Gasteiger partial charge on any atom is 0.228 e. The second-order valence-electron chi connectivity index (χ2n) is 10.2. The first-order valence-corrected chi connectivity index (χ1v) is 12.4. The maximum atomic E-state index is 12.9. The van der Waals surface area contributed by atoms with Gasteiger partial charge in [0.25, 0.3) is 0 Å². The zero-order chi connectivity index (χ0) is 23.8. The van der Waals surface area contributed by atoms with Crippen LogP contribution in [0.25, 0.3) is 0 Å². The van der Waals surface area contributed by atoms with Gasteiger partial charge in [-0.3, -0.25) is 4.79 Å². The highest BCUT2D eigenvalue weighted by molar-refractivity contribution is 5.82. The van der Waals surface area contributed by atoms with Crippen molar-refractivity contribution in [2.24, 2.45) is 17.8 Å². The number of fused-ring (bicyclic) bond motifs is 1. The van der Waals surface area contributed by atoms with Crippen LogP contribution in [-0.2, 0) is 4.79 Å². The SMILES string of the molecule is Cc1cc(NC2NN([C@@H](CC#N)C3CC3)C3CCNC(=O)C23)ccc1C(C(C)C)n1nccn1. The molecule has 0 radical (unpaired) electrons. The maximum absolute atomic E-state index is 12.9. The number of nitriles is 1. The second kappa shape index (κ2) is 9.35. The molecule has 1 amide bonds. The number of anilines is 1. The van der Waals surface area contributed by atoms with Crippen molar-refractivity contribution in [3.8, 4) is 6.07 Å². The molecule has 1 aromatic carbocycles. The average Bonchev–Trinajstić information content (AvgIpc) is 3.38. The molecule has 5 rings (SSSR count). The van der Waals surface area contributed by atoms with Crippen molar-refractivity contribution >= 4 is 11.6 Å². The number of amides is 1. The van der Waals surface area contributed by atoms with E-state index in [1.807, 2.05) is 0 Å². The van der Waals surface area contributed by atoms with E-state index in [9.17, 15) is 10.1 Å². The molecule has 9 nitrogen and oxygen atoms in total. The predicted molar refractivity (Wildman–Crippen MR) is 128 cm³/mol. The molecule has 180 valence electrons. The van der Waals surface area contributed by atoms with Crippen LogP contribution in [-0.4, -0.2) is 50.7 Å². The average molecular weight is 463 g/mol. The van der Waals surface area contributed by atoms with Gasteiger partial charge in [0, 0.05) is 24.3 Å². The number of benzene rings is 1. The van der Waals surface area contributed by atoms with Crippen molar-refractivity contribution in [3.63, 3.8) is 0 Å². The fourth-order valence-corrected chi connectivity index (χ4v) is 5.76. The van der Waals surface area contributed by atoms with Gasteiger partial charge in [0.2, 0.25) is 5.91 Å². The number of aryl methyl sites for hydroxylation is 1. The topological polar surface area (TPSA) is 111 Å². The quantitative estimate of drug-likeness (QED) is 0.553. The van der Waals surface area contributed by atoms with Gasteiger partial charge < -0.3 is 10.6 Å². The molecule has 2 saturated heterocycles. The zero-order valence-corrected chi connectivity index (χ0v) is 20.1. The Hall–Kier alpha value is -2.96. The van der Waals surface area contributed by atoms with Gasteiger partial charge in [-0.25, -0.2) is 10.4 Å². The summed E-state index contributed by atoms with van der Waals surface area (Å²) in [5.41, 5.74) is 6.91. The third-order valence-electron chi connectivity index (χ3n) is 7.51. The smallest absolute Gasteiger partial charge is 0.228 e. The number of hydrazine groups is 1. The molecule has 0 spiro atoms. The highest BCUT2D eigenvalue weighted by atomic mass is 16.2. The number of rotatable bonds is 8. The monoisotopic (exact) mass is 462 g/mol. The molecular formula is C25H34N8O. The van der Waals surface area contributed by atoms with Gasteiger partial charge >= 0.3 is 0 Å². The molecule has 1 saturated carbocycles. The normalized spacial score (nSPS) is 26.6. The molecule has 3 N–H and O–H groups in total. The van der Waals surface area contributed by atoms with E-state index in [-0.39, 0.29) is 36.1 Å². The number of hydrogen-bond acceptors (Lipinski definition) is 7. The highest BCUT2D eigenvalue weighted by Gasteiger charge is 2.51. The van der Waals surface area contributed by atoms with Crippen LogP contribution in [0.4, 0.5) is 5.69 Å². The Morgan fingerprint density at radius 1 is 1.24 bits per heavy atom.